The molecule has 2 saturated carbocycles. The largest absolute Gasteiger partial charge is 0.312 e. The standard InChI is InChI=1S/C12H20N2/c1-10-4-2-3-5-11(10)14-9-12(8-13)6-7-12/h10-11,14H,2-7,9H2,1H3. The van der Waals surface area contributed by atoms with Crippen LogP contribution < -0.4 is 5.32 Å². The minimum Gasteiger partial charge on any atom is -0.312 e. The van der Waals surface area contributed by atoms with Crippen molar-refractivity contribution in [3.63, 3.8) is 0 Å². The van der Waals surface area contributed by atoms with Gasteiger partial charge in [-0.1, -0.05) is 19.8 Å². The summed E-state index contributed by atoms with van der Waals surface area (Å²) in [6, 6.07) is 3.12. The van der Waals surface area contributed by atoms with Gasteiger partial charge in [0.2, 0.25) is 0 Å². The number of nitriles is 1. The molecule has 0 spiro atoms. The van der Waals surface area contributed by atoms with E-state index in [0.717, 1.165) is 25.3 Å². The summed E-state index contributed by atoms with van der Waals surface area (Å²) in [5, 5.41) is 12.6. The first-order valence-electron chi connectivity index (χ1n) is 5.90. The molecule has 0 aromatic heterocycles. The van der Waals surface area contributed by atoms with Gasteiger partial charge < -0.3 is 5.32 Å². The molecule has 0 aliphatic heterocycles. The van der Waals surface area contributed by atoms with Gasteiger partial charge in [0.15, 0.2) is 0 Å². The van der Waals surface area contributed by atoms with E-state index in [-0.39, 0.29) is 5.41 Å². The average Bonchev–Trinajstić information content (AvgIpc) is 2.98. The van der Waals surface area contributed by atoms with Crippen molar-refractivity contribution in [3.8, 4) is 6.07 Å². The summed E-state index contributed by atoms with van der Waals surface area (Å²) in [6.07, 6.45) is 7.64. The smallest absolute Gasteiger partial charge is 0.0703 e. The second kappa shape index (κ2) is 3.90. The van der Waals surface area contributed by atoms with Crippen molar-refractivity contribution in [1.82, 2.24) is 5.32 Å². The van der Waals surface area contributed by atoms with Gasteiger partial charge in [0.05, 0.1) is 11.5 Å². The van der Waals surface area contributed by atoms with Crippen LogP contribution in [0.2, 0.25) is 0 Å². The zero-order valence-corrected chi connectivity index (χ0v) is 9.05. The number of hydrogen-bond donors (Lipinski definition) is 1. The molecule has 0 saturated heterocycles. The number of nitrogens with one attached hydrogen (secondary N) is 1. The van der Waals surface area contributed by atoms with E-state index in [0.29, 0.717) is 6.04 Å². The molecule has 2 fully saturated rings. The van der Waals surface area contributed by atoms with Crippen LogP contribution in [-0.4, -0.2) is 12.6 Å². The summed E-state index contributed by atoms with van der Waals surface area (Å²) in [5.74, 6) is 0.804. The summed E-state index contributed by atoms with van der Waals surface area (Å²) in [5.41, 5.74) is 0.0250. The van der Waals surface area contributed by atoms with Crippen LogP contribution in [-0.2, 0) is 0 Å². The molecule has 2 unspecified atom stereocenters. The van der Waals surface area contributed by atoms with E-state index in [1.165, 1.54) is 25.7 Å². The fourth-order valence-corrected chi connectivity index (χ4v) is 2.42. The zero-order valence-electron chi connectivity index (χ0n) is 9.05. The highest BCUT2D eigenvalue weighted by Crippen LogP contribution is 2.44. The molecule has 1 N–H and O–H groups in total. The van der Waals surface area contributed by atoms with E-state index in [4.69, 9.17) is 5.26 Å². The Bertz CT molecular complexity index is 237. The van der Waals surface area contributed by atoms with Crippen molar-refractivity contribution in [2.75, 3.05) is 6.54 Å². The molecule has 2 aliphatic rings. The molecule has 14 heavy (non-hydrogen) atoms. The molecule has 2 aliphatic carbocycles. The highest BCUT2D eigenvalue weighted by molar-refractivity contribution is 5.11. The van der Waals surface area contributed by atoms with Gasteiger partial charge in [-0.15, -0.1) is 0 Å². The normalized spacial score (nSPS) is 34.9. The molecule has 78 valence electrons. The van der Waals surface area contributed by atoms with E-state index < -0.39 is 0 Å². The van der Waals surface area contributed by atoms with Crippen molar-refractivity contribution in [2.24, 2.45) is 11.3 Å². The maximum atomic E-state index is 8.96. The lowest BCUT2D eigenvalue weighted by Gasteiger charge is -2.30. The van der Waals surface area contributed by atoms with Crippen LogP contribution in [0.1, 0.15) is 45.4 Å². The zero-order chi connectivity index (χ0) is 10.0. The van der Waals surface area contributed by atoms with Crippen molar-refractivity contribution >= 4 is 0 Å². The molecule has 0 aromatic carbocycles. The Morgan fingerprint density at radius 3 is 2.64 bits per heavy atom. The molecule has 0 amide bonds. The van der Waals surface area contributed by atoms with Gasteiger partial charge >= 0.3 is 0 Å². The van der Waals surface area contributed by atoms with Crippen molar-refractivity contribution < 1.29 is 0 Å². The lowest BCUT2D eigenvalue weighted by molar-refractivity contribution is 0.272. The van der Waals surface area contributed by atoms with Crippen molar-refractivity contribution in [2.45, 2.75) is 51.5 Å². The van der Waals surface area contributed by atoms with Crippen LogP contribution >= 0.6 is 0 Å². The molecule has 2 nitrogen and oxygen atoms in total. The maximum Gasteiger partial charge on any atom is 0.0703 e. The lowest BCUT2D eigenvalue weighted by Crippen LogP contribution is -2.40. The van der Waals surface area contributed by atoms with Crippen LogP contribution in [0, 0.1) is 22.7 Å². The Kier molecular flexibility index (Phi) is 2.78. The SMILES string of the molecule is CC1CCCCC1NCC1(C#N)CC1. The first kappa shape index (κ1) is 9.98. The van der Waals surface area contributed by atoms with Gasteiger partial charge in [0.1, 0.15) is 0 Å². The van der Waals surface area contributed by atoms with Gasteiger partial charge in [-0.05, 0) is 31.6 Å². The maximum absolute atomic E-state index is 8.96. The molecule has 0 radical (unpaired) electrons. The second-order valence-electron chi connectivity index (χ2n) is 5.14. The molecule has 0 heterocycles. The van der Waals surface area contributed by atoms with Crippen LogP contribution in [0.3, 0.4) is 0 Å². The Labute approximate surface area is 86.7 Å². The first-order chi connectivity index (χ1) is 6.76. The summed E-state index contributed by atoms with van der Waals surface area (Å²) in [6.45, 7) is 3.27. The van der Waals surface area contributed by atoms with Gasteiger partial charge in [-0.25, -0.2) is 0 Å². The van der Waals surface area contributed by atoms with Crippen LogP contribution in [0.25, 0.3) is 0 Å². The first-order valence-corrected chi connectivity index (χ1v) is 5.90. The van der Waals surface area contributed by atoms with Crippen molar-refractivity contribution in [1.29, 1.82) is 5.26 Å². The van der Waals surface area contributed by atoms with Gasteiger partial charge in [-0.3, -0.25) is 0 Å². The summed E-state index contributed by atoms with van der Waals surface area (Å²) >= 11 is 0. The van der Waals surface area contributed by atoms with E-state index in [1.54, 1.807) is 0 Å². The van der Waals surface area contributed by atoms with Crippen molar-refractivity contribution in [3.05, 3.63) is 0 Å². The summed E-state index contributed by atoms with van der Waals surface area (Å²) in [4.78, 5) is 0. The Morgan fingerprint density at radius 2 is 2.07 bits per heavy atom. The fraction of sp³-hybridized carbons (Fsp3) is 0.917. The Morgan fingerprint density at radius 1 is 1.36 bits per heavy atom. The topological polar surface area (TPSA) is 35.8 Å². The molecule has 2 atom stereocenters. The molecule has 2 rings (SSSR count). The molecule has 0 aromatic rings. The Hall–Kier alpha value is -0.550. The highest BCUT2D eigenvalue weighted by Gasteiger charge is 2.43. The van der Waals surface area contributed by atoms with Gasteiger partial charge in [-0.2, -0.15) is 5.26 Å². The predicted molar refractivity (Wildman–Crippen MR) is 56.7 cm³/mol. The Balaban J connectivity index is 1.77. The number of rotatable bonds is 3. The second-order valence-corrected chi connectivity index (χ2v) is 5.14. The minimum atomic E-state index is 0.0250. The van der Waals surface area contributed by atoms with E-state index in [2.05, 4.69) is 18.3 Å². The predicted octanol–water partition coefficient (Wildman–Crippen LogP) is 2.46. The van der Waals surface area contributed by atoms with E-state index in [1.807, 2.05) is 0 Å². The van der Waals surface area contributed by atoms with Crippen LogP contribution in [0.15, 0.2) is 0 Å². The number of hydrogen-bond acceptors (Lipinski definition) is 2. The number of nitrogens with zero attached hydrogens (tertiary/aromatic N) is 1. The van der Waals surface area contributed by atoms with E-state index in [9.17, 15) is 0 Å². The fourth-order valence-electron chi connectivity index (χ4n) is 2.42. The third-order valence-corrected chi connectivity index (χ3v) is 3.90. The van der Waals surface area contributed by atoms with Crippen LogP contribution in [0.5, 0.6) is 0 Å². The lowest BCUT2D eigenvalue weighted by atomic mass is 9.85. The average molecular weight is 192 g/mol. The van der Waals surface area contributed by atoms with E-state index >= 15 is 0 Å². The van der Waals surface area contributed by atoms with Crippen LogP contribution in [0.4, 0.5) is 0 Å². The quantitative estimate of drug-likeness (QED) is 0.745. The monoisotopic (exact) mass is 192 g/mol. The van der Waals surface area contributed by atoms with Gasteiger partial charge in [0, 0.05) is 12.6 Å². The minimum absolute atomic E-state index is 0.0250. The molecular weight excluding hydrogens is 172 g/mol. The third-order valence-electron chi connectivity index (χ3n) is 3.90. The molecule has 2 heteroatoms. The summed E-state index contributed by atoms with van der Waals surface area (Å²) in [7, 11) is 0. The highest BCUT2D eigenvalue weighted by atomic mass is 14.9. The van der Waals surface area contributed by atoms with Gasteiger partial charge in [0.25, 0.3) is 0 Å². The summed E-state index contributed by atoms with van der Waals surface area (Å²) < 4.78 is 0. The molecular formula is C12H20N2. The molecule has 0 bridgehead atoms. The third kappa shape index (κ3) is 2.09.